The summed E-state index contributed by atoms with van der Waals surface area (Å²) in [6, 6.07) is 3.75. The zero-order valence-corrected chi connectivity index (χ0v) is 12.2. The highest BCUT2D eigenvalue weighted by Gasteiger charge is 2.13. The molecule has 112 valence electrons. The van der Waals surface area contributed by atoms with E-state index in [1.807, 2.05) is 0 Å². The summed E-state index contributed by atoms with van der Waals surface area (Å²) in [6.07, 6.45) is 3.97. The van der Waals surface area contributed by atoms with Gasteiger partial charge in [0.15, 0.2) is 0 Å². The number of likely N-dealkylation sites (tertiary alicyclic amines) is 1. The van der Waals surface area contributed by atoms with Crippen molar-refractivity contribution in [3.63, 3.8) is 0 Å². The maximum absolute atomic E-state index is 13.5. The van der Waals surface area contributed by atoms with E-state index in [0.29, 0.717) is 18.0 Å². The highest BCUT2D eigenvalue weighted by atomic mass is 19.1. The number of benzene rings is 1. The van der Waals surface area contributed by atoms with E-state index in [0.717, 1.165) is 19.2 Å². The molecule has 1 fully saturated rings. The van der Waals surface area contributed by atoms with Crippen molar-refractivity contribution >= 4 is 0 Å². The topological polar surface area (TPSA) is 15.3 Å². The van der Waals surface area contributed by atoms with Crippen LogP contribution in [-0.4, -0.2) is 31.1 Å². The Morgan fingerprint density at radius 2 is 1.95 bits per heavy atom. The highest BCUT2D eigenvalue weighted by Crippen LogP contribution is 2.11. The number of nitrogens with one attached hydrogen (secondary N) is 1. The van der Waals surface area contributed by atoms with Gasteiger partial charge in [-0.05, 0) is 44.5 Å². The molecule has 2 rings (SSSR count). The number of rotatable bonds is 6. The smallest absolute Gasteiger partial charge is 0.130 e. The van der Waals surface area contributed by atoms with E-state index in [2.05, 4.69) is 17.1 Å². The first-order chi connectivity index (χ1) is 9.65. The average Bonchev–Trinajstić information content (AvgIpc) is 2.42. The third-order valence-electron chi connectivity index (χ3n) is 3.84. The molecule has 0 aliphatic carbocycles. The largest absolute Gasteiger partial charge is 0.312 e. The van der Waals surface area contributed by atoms with Gasteiger partial charge in [0.2, 0.25) is 0 Å². The van der Waals surface area contributed by atoms with Crippen LogP contribution < -0.4 is 5.32 Å². The predicted octanol–water partition coefficient (Wildman–Crippen LogP) is 3.18. The van der Waals surface area contributed by atoms with Gasteiger partial charge in [-0.1, -0.05) is 19.4 Å². The lowest BCUT2D eigenvalue weighted by molar-refractivity contribution is 0.199. The zero-order chi connectivity index (χ0) is 14.4. The van der Waals surface area contributed by atoms with Crippen LogP contribution >= 0.6 is 0 Å². The van der Waals surface area contributed by atoms with Gasteiger partial charge in [0.05, 0.1) is 0 Å². The second-order valence-electron chi connectivity index (χ2n) is 5.83. The Morgan fingerprint density at radius 1 is 1.20 bits per heavy atom. The normalized spacial score (nSPS) is 18.1. The van der Waals surface area contributed by atoms with Gasteiger partial charge in [-0.25, -0.2) is 8.78 Å². The van der Waals surface area contributed by atoms with Crippen LogP contribution in [0.4, 0.5) is 8.78 Å². The molecule has 0 bridgehead atoms. The lowest BCUT2D eigenvalue weighted by atomic mass is 10.1. The van der Waals surface area contributed by atoms with Crippen molar-refractivity contribution in [1.29, 1.82) is 0 Å². The lowest BCUT2D eigenvalue weighted by Gasteiger charge is -2.29. The highest BCUT2D eigenvalue weighted by molar-refractivity contribution is 5.18. The van der Waals surface area contributed by atoms with Gasteiger partial charge in [-0.15, -0.1) is 0 Å². The summed E-state index contributed by atoms with van der Waals surface area (Å²) >= 11 is 0. The van der Waals surface area contributed by atoms with E-state index in [-0.39, 0.29) is 0 Å². The summed E-state index contributed by atoms with van der Waals surface area (Å²) in [7, 11) is 0. The fraction of sp³-hybridized carbons (Fsp3) is 0.625. The molecule has 1 aliphatic heterocycles. The summed E-state index contributed by atoms with van der Waals surface area (Å²) in [5.41, 5.74) is 0.525. The Kier molecular flexibility index (Phi) is 5.92. The van der Waals surface area contributed by atoms with Crippen LogP contribution in [0.3, 0.4) is 0 Å². The third-order valence-corrected chi connectivity index (χ3v) is 3.84. The SMILES string of the molecule is CC(CNCc1ccc(F)cc1F)CN1CCCCC1. The maximum atomic E-state index is 13.5. The fourth-order valence-electron chi connectivity index (χ4n) is 2.77. The minimum absolute atomic E-state index is 0.455. The first-order valence-electron chi connectivity index (χ1n) is 7.52. The second-order valence-corrected chi connectivity index (χ2v) is 5.83. The molecule has 1 atom stereocenters. The molecule has 0 spiro atoms. The molecule has 4 heteroatoms. The molecule has 0 saturated carbocycles. The molecular formula is C16H24F2N2. The second kappa shape index (κ2) is 7.70. The van der Waals surface area contributed by atoms with Crippen molar-refractivity contribution in [2.45, 2.75) is 32.7 Å². The van der Waals surface area contributed by atoms with Crippen LogP contribution in [0.1, 0.15) is 31.7 Å². The van der Waals surface area contributed by atoms with E-state index in [9.17, 15) is 8.78 Å². The van der Waals surface area contributed by atoms with Gasteiger partial charge in [-0.2, -0.15) is 0 Å². The maximum Gasteiger partial charge on any atom is 0.130 e. The van der Waals surface area contributed by atoms with Crippen LogP contribution in [-0.2, 0) is 6.54 Å². The number of hydrogen-bond donors (Lipinski definition) is 1. The molecular weight excluding hydrogens is 258 g/mol. The van der Waals surface area contributed by atoms with E-state index in [4.69, 9.17) is 0 Å². The lowest BCUT2D eigenvalue weighted by Crippen LogP contribution is -2.36. The van der Waals surface area contributed by atoms with E-state index in [1.165, 1.54) is 44.5 Å². The van der Waals surface area contributed by atoms with E-state index >= 15 is 0 Å². The monoisotopic (exact) mass is 282 g/mol. The van der Waals surface area contributed by atoms with Crippen LogP contribution in [0, 0.1) is 17.6 Å². The molecule has 2 nitrogen and oxygen atoms in total. The zero-order valence-electron chi connectivity index (χ0n) is 12.2. The van der Waals surface area contributed by atoms with Crippen molar-refractivity contribution < 1.29 is 8.78 Å². The van der Waals surface area contributed by atoms with Gasteiger partial charge in [0, 0.05) is 24.7 Å². The van der Waals surface area contributed by atoms with Gasteiger partial charge >= 0.3 is 0 Å². The van der Waals surface area contributed by atoms with Crippen molar-refractivity contribution in [2.24, 2.45) is 5.92 Å². The van der Waals surface area contributed by atoms with Crippen molar-refractivity contribution in [1.82, 2.24) is 10.2 Å². The standard InChI is InChI=1S/C16H24F2N2/c1-13(12-20-7-3-2-4-8-20)10-19-11-14-5-6-15(17)9-16(14)18/h5-6,9,13,19H,2-4,7-8,10-12H2,1H3. The Labute approximate surface area is 120 Å². The predicted molar refractivity (Wildman–Crippen MR) is 77.5 cm³/mol. The molecule has 0 radical (unpaired) electrons. The number of nitrogens with zero attached hydrogens (tertiary/aromatic N) is 1. The van der Waals surface area contributed by atoms with Gasteiger partial charge in [-0.3, -0.25) is 0 Å². The molecule has 20 heavy (non-hydrogen) atoms. The van der Waals surface area contributed by atoms with E-state index < -0.39 is 11.6 Å². The molecule has 1 heterocycles. The summed E-state index contributed by atoms with van der Waals surface area (Å²) in [6.45, 7) is 7.03. The minimum Gasteiger partial charge on any atom is -0.312 e. The Balaban J connectivity index is 1.69. The van der Waals surface area contributed by atoms with Crippen LogP contribution in [0.2, 0.25) is 0 Å². The average molecular weight is 282 g/mol. The quantitative estimate of drug-likeness (QED) is 0.862. The molecule has 0 aromatic heterocycles. The first-order valence-corrected chi connectivity index (χ1v) is 7.52. The Bertz CT molecular complexity index is 417. The third kappa shape index (κ3) is 4.84. The molecule has 1 unspecified atom stereocenters. The van der Waals surface area contributed by atoms with Gasteiger partial charge in [0.25, 0.3) is 0 Å². The number of halogens is 2. The van der Waals surface area contributed by atoms with Gasteiger partial charge < -0.3 is 10.2 Å². The number of hydrogen-bond acceptors (Lipinski definition) is 2. The summed E-state index contributed by atoms with van der Waals surface area (Å²) < 4.78 is 26.3. The summed E-state index contributed by atoms with van der Waals surface area (Å²) in [5.74, 6) is -0.456. The molecule has 1 aromatic rings. The van der Waals surface area contributed by atoms with E-state index in [1.54, 1.807) is 0 Å². The van der Waals surface area contributed by atoms with Crippen LogP contribution in [0.5, 0.6) is 0 Å². The summed E-state index contributed by atoms with van der Waals surface area (Å²) in [5, 5.41) is 3.26. The summed E-state index contributed by atoms with van der Waals surface area (Å²) in [4.78, 5) is 2.51. The van der Waals surface area contributed by atoms with Crippen LogP contribution in [0.15, 0.2) is 18.2 Å². The molecule has 1 saturated heterocycles. The number of piperidine rings is 1. The molecule has 1 N–H and O–H groups in total. The Morgan fingerprint density at radius 3 is 2.65 bits per heavy atom. The first kappa shape index (κ1) is 15.4. The van der Waals surface area contributed by atoms with Crippen LogP contribution in [0.25, 0.3) is 0 Å². The van der Waals surface area contributed by atoms with Gasteiger partial charge in [0.1, 0.15) is 11.6 Å². The van der Waals surface area contributed by atoms with Crippen molar-refractivity contribution in [2.75, 3.05) is 26.2 Å². The van der Waals surface area contributed by atoms with Crippen molar-refractivity contribution in [3.05, 3.63) is 35.4 Å². The Hall–Kier alpha value is -1.00. The van der Waals surface area contributed by atoms with Crippen molar-refractivity contribution in [3.8, 4) is 0 Å². The minimum atomic E-state index is -0.523. The fourth-order valence-corrected chi connectivity index (χ4v) is 2.77. The molecule has 1 aliphatic rings. The molecule has 0 amide bonds. The molecule has 1 aromatic carbocycles.